The largest absolute Gasteiger partial charge is 0.394 e. The third-order valence-corrected chi connectivity index (χ3v) is 3.19. The van der Waals surface area contributed by atoms with Crippen LogP contribution < -0.4 is 5.73 Å². The van der Waals surface area contributed by atoms with Gasteiger partial charge in [-0.05, 0) is 27.0 Å². The van der Waals surface area contributed by atoms with Crippen LogP contribution in [0, 0.1) is 11.2 Å². The molecule has 0 saturated heterocycles. The Labute approximate surface area is 107 Å². The van der Waals surface area contributed by atoms with Gasteiger partial charge in [0.1, 0.15) is 11.7 Å². The van der Waals surface area contributed by atoms with E-state index in [0.717, 1.165) is 0 Å². The number of nitrogens with zero attached hydrogens (tertiary/aromatic N) is 1. The average Bonchev–Trinajstić information content (AvgIpc) is 2.31. The Morgan fingerprint density at radius 1 is 1.50 bits per heavy atom. The number of nitrogens with two attached hydrogens (primary N) is 1. The Balaban J connectivity index is 2.89. The van der Waals surface area contributed by atoms with Gasteiger partial charge in [0.2, 0.25) is 0 Å². The molecule has 0 aliphatic rings. The third kappa shape index (κ3) is 3.27. The number of aliphatic hydroxyl groups excluding tert-OH is 1. The van der Waals surface area contributed by atoms with E-state index in [4.69, 9.17) is 11.1 Å². The lowest BCUT2D eigenvalue weighted by Crippen LogP contribution is -2.43. The predicted octanol–water partition coefficient (Wildman–Crippen LogP) is 1.31. The topological polar surface area (TPSA) is 73.3 Å². The summed E-state index contributed by atoms with van der Waals surface area (Å²) in [4.78, 5) is 1.87. The summed E-state index contributed by atoms with van der Waals surface area (Å²) in [5.41, 5.74) is 5.78. The van der Waals surface area contributed by atoms with Crippen molar-refractivity contribution in [3.05, 3.63) is 35.1 Å². The number of aliphatic hydroxyl groups is 1. The van der Waals surface area contributed by atoms with Crippen molar-refractivity contribution in [3.8, 4) is 0 Å². The summed E-state index contributed by atoms with van der Waals surface area (Å²) >= 11 is 0. The first-order valence-electron chi connectivity index (χ1n) is 5.73. The Bertz CT molecular complexity index is 446. The molecular formula is C13H20FN3O. The van der Waals surface area contributed by atoms with E-state index in [1.54, 1.807) is 12.1 Å². The van der Waals surface area contributed by atoms with E-state index < -0.39 is 5.54 Å². The molecule has 0 aliphatic carbocycles. The van der Waals surface area contributed by atoms with Crippen molar-refractivity contribution in [2.75, 3.05) is 13.7 Å². The van der Waals surface area contributed by atoms with Crippen molar-refractivity contribution in [1.29, 1.82) is 5.41 Å². The molecule has 1 rings (SSSR count). The summed E-state index contributed by atoms with van der Waals surface area (Å²) in [5, 5.41) is 16.5. The van der Waals surface area contributed by atoms with Crippen LogP contribution in [0.3, 0.4) is 0 Å². The Morgan fingerprint density at radius 3 is 2.56 bits per heavy atom. The SMILES string of the molecule is CN(Cc1ccc(C(=N)N)cc1F)C(C)(C)CO. The van der Waals surface area contributed by atoms with Gasteiger partial charge in [-0.15, -0.1) is 0 Å². The lowest BCUT2D eigenvalue weighted by Gasteiger charge is -2.34. The molecular weight excluding hydrogens is 233 g/mol. The summed E-state index contributed by atoms with van der Waals surface area (Å²) in [6, 6.07) is 4.51. The number of amidine groups is 1. The Hall–Kier alpha value is -1.46. The van der Waals surface area contributed by atoms with Gasteiger partial charge in [-0.1, -0.05) is 12.1 Å². The molecule has 0 heterocycles. The fraction of sp³-hybridized carbons (Fsp3) is 0.462. The van der Waals surface area contributed by atoms with Crippen molar-refractivity contribution >= 4 is 5.84 Å². The number of likely N-dealkylation sites (N-methyl/N-ethyl adjacent to an activating group) is 1. The monoisotopic (exact) mass is 253 g/mol. The number of rotatable bonds is 5. The van der Waals surface area contributed by atoms with Gasteiger partial charge in [0.25, 0.3) is 0 Å². The standard InChI is InChI=1S/C13H20FN3O/c1-13(2,8-18)17(3)7-10-5-4-9(12(15)16)6-11(10)14/h4-6,18H,7-8H2,1-3H3,(H3,15,16). The Kier molecular flexibility index (Phi) is 4.43. The molecule has 0 aromatic heterocycles. The molecule has 18 heavy (non-hydrogen) atoms. The number of nitrogen functional groups attached to an aromatic ring is 1. The van der Waals surface area contributed by atoms with E-state index in [-0.39, 0.29) is 18.3 Å². The molecule has 0 spiro atoms. The molecule has 0 unspecified atom stereocenters. The molecule has 1 aromatic rings. The van der Waals surface area contributed by atoms with E-state index in [1.165, 1.54) is 6.07 Å². The molecule has 0 atom stereocenters. The lowest BCUT2D eigenvalue weighted by molar-refractivity contribution is 0.0726. The zero-order valence-corrected chi connectivity index (χ0v) is 11.0. The quantitative estimate of drug-likeness (QED) is 0.547. The molecule has 1 aromatic carbocycles. The fourth-order valence-corrected chi connectivity index (χ4v) is 1.43. The van der Waals surface area contributed by atoms with E-state index in [9.17, 15) is 9.50 Å². The third-order valence-electron chi connectivity index (χ3n) is 3.19. The van der Waals surface area contributed by atoms with Gasteiger partial charge >= 0.3 is 0 Å². The highest BCUT2D eigenvalue weighted by Gasteiger charge is 2.23. The summed E-state index contributed by atoms with van der Waals surface area (Å²) in [5.74, 6) is -0.534. The van der Waals surface area contributed by atoms with Gasteiger partial charge < -0.3 is 10.8 Å². The van der Waals surface area contributed by atoms with Crippen LogP contribution in [0.2, 0.25) is 0 Å². The van der Waals surface area contributed by atoms with Crippen molar-refractivity contribution in [3.63, 3.8) is 0 Å². The average molecular weight is 253 g/mol. The van der Waals surface area contributed by atoms with Crippen LogP contribution in [-0.4, -0.2) is 35.0 Å². The van der Waals surface area contributed by atoms with E-state index in [0.29, 0.717) is 17.7 Å². The van der Waals surface area contributed by atoms with Gasteiger partial charge in [-0.3, -0.25) is 10.3 Å². The predicted molar refractivity (Wildman–Crippen MR) is 70.0 cm³/mol. The molecule has 0 radical (unpaired) electrons. The molecule has 0 saturated carbocycles. The highest BCUT2D eigenvalue weighted by atomic mass is 19.1. The van der Waals surface area contributed by atoms with Crippen LogP contribution in [0.5, 0.6) is 0 Å². The minimum Gasteiger partial charge on any atom is -0.394 e. The molecule has 4 N–H and O–H groups in total. The maximum Gasteiger partial charge on any atom is 0.128 e. The van der Waals surface area contributed by atoms with E-state index >= 15 is 0 Å². The molecule has 0 fully saturated rings. The first-order valence-corrected chi connectivity index (χ1v) is 5.73. The summed E-state index contributed by atoms with van der Waals surface area (Å²) in [6.45, 7) is 4.15. The van der Waals surface area contributed by atoms with Crippen LogP contribution in [0.4, 0.5) is 4.39 Å². The smallest absolute Gasteiger partial charge is 0.128 e. The van der Waals surface area contributed by atoms with Gasteiger partial charge in [-0.25, -0.2) is 4.39 Å². The van der Waals surface area contributed by atoms with E-state index in [2.05, 4.69) is 0 Å². The molecule has 0 aliphatic heterocycles. The lowest BCUT2D eigenvalue weighted by atomic mass is 10.0. The first kappa shape index (κ1) is 14.6. The molecule has 5 heteroatoms. The first-order chi connectivity index (χ1) is 8.27. The minimum absolute atomic E-state index is 0.00332. The second kappa shape index (κ2) is 5.46. The molecule has 0 amide bonds. The van der Waals surface area contributed by atoms with Gasteiger partial charge in [0, 0.05) is 23.2 Å². The maximum absolute atomic E-state index is 13.8. The molecule has 0 bridgehead atoms. The van der Waals surface area contributed by atoms with Crippen LogP contribution in [0.1, 0.15) is 25.0 Å². The number of hydrogen-bond donors (Lipinski definition) is 3. The molecule has 4 nitrogen and oxygen atoms in total. The zero-order chi connectivity index (χ0) is 13.9. The van der Waals surface area contributed by atoms with Crippen molar-refractivity contribution in [1.82, 2.24) is 4.90 Å². The van der Waals surface area contributed by atoms with Gasteiger partial charge in [0.05, 0.1) is 6.61 Å². The van der Waals surface area contributed by atoms with Crippen LogP contribution in [-0.2, 0) is 6.54 Å². The second-order valence-electron chi connectivity index (χ2n) is 5.05. The number of benzene rings is 1. The Morgan fingerprint density at radius 2 is 2.11 bits per heavy atom. The maximum atomic E-state index is 13.8. The van der Waals surface area contributed by atoms with Crippen molar-refractivity contribution in [2.24, 2.45) is 5.73 Å². The zero-order valence-electron chi connectivity index (χ0n) is 11.0. The van der Waals surface area contributed by atoms with Crippen LogP contribution >= 0.6 is 0 Å². The minimum atomic E-state index is -0.411. The summed E-state index contributed by atoms with van der Waals surface area (Å²) in [7, 11) is 1.83. The van der Waals surface area contributed by atoms with Crippen LogP contribution in [0.15, 0.2) is 18.2 Å². The van der Waals surface area contributed by atoms with Crippen molar-refractivity contribution in [2.45, 2.75) is 25.9 Å². The van der Waals surface area contributed by atoms with Gasteiger partial charge in [0.15, 0.2) is 0 Å². The number of nitrogens with one attached hydrogen (secondary N) is 1. The highest BCUT2D eigenvalue weighted by Crippen LogP contribution is 2.18. The number of halogens is 1. The number of hydrogen-bond acceptors (Lipinski definition) is 3. The van der Waals surface area contributed by atoms with Crippen LogP contribution in [0.25, 0.3) is 0 Å². The molecule has 100 valence electrons. The summed E-state index contributed by atoms with van der Waals surface area (Å²) in [6.07, 6.45) is 0. The van der Waals surface area contributed by atoms with E-state index in [1.807, 2.05) is 25.8 Å². The second-order valence-corrected chi connectivity index (χ2v) is 5.05. The van der Waals surface area contributed by atoms with Gasteiger partial charge in [-0.2, -0.15) is 0 Å². The van der Waals surface area contributed by atoms with Crippen molar-refractivity contribution < 1.29 is 9.50 Å². The highest BCUT2D eigenvalue weighted by molar-refractivity contribution is 5.94. The fourth-order valence-electron chi connectivity index (χ4n) is 1.43. The summed E-state index contributed by atoms with van der Waals surface area (Å²) < 4.78 is 13.8. The normalized spacial score (nSPS) is 11.9.